The molecule has 0 bridgehead atoms. The molecule has 0 heterocycles. The van der Waals surface area contributed by atoms with Gasteiger partial charge in [0.05, 0.1) is 14.2 Å². The van der Waals surface area contributed by atoms with Crippen LogP contribution in [0.25, 0.3) is 0 Å². The number of anilines is 1. The molecule has 6 heteroatoms. The van der Waals surface area contributed by atoms with Crippen LogP contribution in [-0.2, 0) is 16.1 Å². The minimum Gasteiger partial charge on any atom is -0.493 e. The van der Waals surface area contributed by atoms with E-state index in [0.29, 0.717) is 29.6 Å². The number of hydrogen-bond acceptors (Lipinski definition) is 4. The van der Waals surface area contributed by atoms with Crippen molar-refractivity contribution in [1.82, 2.24) is 5.32 Å². The van der Waals surface area contributed by atoms with Gasteiger partial charge in [-0.05, 0) is 41.3 Å². The van der Waals surface area contributed by atoms with Gasteiger partial charge >= 0.3 is 0 Å². The minimum absolute atomic E-state index is 0.0380. The zero-order chi connectivity index (χ0) is 20.7. The average Bonchev–Trinajstić information content (AvgIpc) is 2.70. The summed E-state index contributed by atoms with van der Waals surface area (Å²) in [5.74, 6) is 1.22. The predicted molar refractivity (Wildman–Crippen MR) is 110 cm³/mol. The van der Waals surface area contributed by atoms with Crippen molar-refractivity contribution < 1.29 is 19.1 Å². The Hall–Kier alpha value is -3.02. The Morgan fingerprint density at radius 1 is 1.00 bits per heavy atom. The average molecular weight is 384 g/mol. The van der Waals surface area contributed by atoms with Crippen LogP contribution in [0.4, 0.5) is 5.69 Å². The number of methoxy groups -OCH3 is 2. The highest BCUT2D eigenvalue weighted by Gasteiger charge is 2.16. The van der Waals surface area contributed by atoms with Crippen LogP contribution in [0, 0.1) is 0 Å². The Morgan fingerprint density at radius 2 is 1.64 bits per heavy atom. The van der Waals surface area contributed by atoms with Crippen molar-refractivity contribution in [2.45, 2.75) is 33.2 Å². The Labute approximate surface area is 166 Å². The molecule has 0 aliphatic rings. The highest BCUT2D eigenvalue weighted by atomic mass is 16.5. The second-order valence-electron chi connectivity index (χ2n) is 6.82. The van der Waals surface area contributed by atoms with E-state index in [9.17, 15) is 9.59 Å². The minimum atomic E-state index is -0.238. The largest absolute Gasteiger partial charge is 0.493 e. The van der Waals surface area contributed by atoms with E-state index in [1.54, 1.807) is 20.3 Å². The van der Waals surface area contributed by atoms with Gasteiger partial charge in [0.1, 0.15) is 6.54 Å². The van der Waals surface area contributed by atoms with E-state index in [-0.39, 0.29) is 18.4 Å². The first-order chi connectivity index (χ1) is 13.3. The zero-order valence-corrected chi connectivity index (χ0v) is 17.1. The Balaban J connectivity index is 2.02. The molecule has 0 saturated carbocycles. The van der Waals surface area contributed by atoms with Crippen LogP contribution in [0.2, 0.25) is 0 Å². The van der Waals surface area contributed by atoms with Crippen molar-refractivity contribution in [1.29, 1.82) is 0 Å². The number of rotatable bonds is 8. The summed E-state index contributed by atoms with van der Waals surface area (Å²) in [6.45, 7) is 5.97. The molecule has 150 valence electrons. The molecule has 28 heavy (non-hydrogen) atoms. The number of hydrogen-bond donors (Lipinski definition) is 1. The molecule has 0 unspecified atom stereocenters. The third kappa shape index (κ3) is 5.49. The van der Waals surface area contributed by atoms with E-state index in [1.165, 1.54) is 17.4 Å². The van der Waals surface area contributed by atoms with Crippen LogP contribution in [0.1, 0.15) is 37.8 Å². The fourth-order valence-electron chi connectivity index (χ4n) is 2.81. The molecule has 1 N–H and O–H groups in total. The SMILES string of the molecule is COc1ccc(CNC(=O)CN(C(C)=O)c2ccc(C(C)C)cc2)cc1OC. The zero-order valence-electron chi connectivity index (χ0n) is 17.1. The number of carbonyl (C=O) groups excluding carboxylic acids is 2. The molecular formula is C22H28N2O4. The van der Waals surface area contributed by atoms with Gasteiger partial charge in [-0.25, -0.2) is 0 Å². The van der Waals surface area contributed by atoms with Crippen LogP contribution in [-0.4, -0.2) is 32.6 Å². The Bertz CT molecular complexity index is 816. The van der Waals surface area contributed by atoms with Gasteiger partial charge in [-0.2, -0.15) is 0 Å². The maximum absolute atomic E-state index is 12.4. The summed E-state index contributed by atoms with van der Waals surface area (Å²) in [5.41, 5.74) is 2.77. The summed E-state index contributed by atoms with van der Waals surface area (Å²) >= 11 is 0. The molecule has 0 aromatic heterocycles. The third-order valence-corrected chi connectivity index (χ3v) is 4.49. The van der Waals surface area contributed by atoms with Gasteiger partial charge in [0.2, 0.25) is 11.8 Å². The Morgan fingerprint density at radius 3 is 2.18 bits per heavy atom. The first-order valence-electron chi connectivity index (χ1n) is 9.21. The second kappa shape index (κ2) is 9.78. The summed E-state index contributed by atoms with van der Waals surface area (Å²) < 4.78 is 10.5. The number of nitrogens with one attached hydrogen (secondary N) is 1. The molecule has 0 radical (unpaired) electrons. The lowest BCUT2D eigenvalue weighted by Gasteiger charge is -2.21. The number of benzene rings is 2. The van der Waals surface area contributed by atoms with Gasteiger partial charge in [-0.1, -0.05) is 32.0 Å². The standard InChI is InChI=1S/C22H28N2O4/c1-15(2)18-7-9-19(10-8-18)24(16(3)25)14-22(26)23-13-17-6-11-20(27-4)21(12-17)28-5/h6-12,15H,13-14H2,1-5H3,(H,23,26). The summed E-state index contributed by atoms with van der Waals surface area (Å²) in [6, 6.07) is 13.2. The molecule has 2 aromatic rings. The summed E-state index contributed by atoms with van der Waals surface area (Å²) in [6.07, 6.45) is 0. The smallest absolute Gasteiger partial charge is 0.240 e. The van der Waals surface area contributed by atoms with E-state index < -0.39 is 0 Å². The number of ether oxygens (including phenoxy) is 2. The van der Waals surface area contributed by atoms with Crippen LogP contribution < -0.4 is 19.7 Å². The molecule has 0 aliphatic heterocycles. The number of carbonyl (C=O) groups is 2. The number of nitrogens with zero attached hydrogens (tertiary/aromatic N) is 1. The van der Waals surface area contributed by atoms with Gasteiger partial charge in [0.15, 0.2) is 11.5 Å². The van der Waals surface area contributed by atoms with E-state index >= 15 is 0 Å². The van der Waals surface area contributed by atoms with Crippen LogP contribution in [0.5, 0.6) is 11.5 Å². The van der Waals surface area contributed by atoms with E-state index in [2.05, 4.69) is 19.2 Å². The summed E-state index contributed by atoms with van der Waals surface area (Å²) in [4.78, 5) is 25.9. The number of amides is 2. The van der Waals surface area contributed by atoms with Crippen molar-refractivity contribution in [3.63, 3.8) is 0 Å². The van der Waals surface area contributed by atoms with Crippen molar-refractivity contribution in [2.75, 3.05) is 25.7 Å². The van der Waals surface area contributed by atoms with Crippen LogP contribution in [0.15, 0.2) is 42.5 Å². The quantitative estimate of drug-likeness (QED) is 0.756. The Kier molecular flexibility index (Phi) is 7.44. The maximum Gasteiger partial charge on any atom is 0.240 e. The molecule has 0 aliphatic carbocycles. The van der Waals surface area contributed by atoms with Crippen molar-refractivity contribution in [3.05, 3.63) is 53.6 Å². The van der Waals surface area contributed by atoms with Crippen LogP contribution in [0.3, 0.4) is 0 Å². The molecule has 0 saturated heterocycles. The topological polar surface area (TPSA) is 67.9 Å². The highest BCUT2D eigenvalue weighted by Crippen LogP contribution is 2.27. The molecule has 2 aromatic carbocycles. The van der Waals surface area contributed by atoms with E-state index in [4.69, 9.17) is 9.47 Å². The lowest BCUT2D eigenvalue weighted by Crippen LogP contribution is -2.39. The molecule has 0 fully saturated rings. The van der Waals surface area contributed by atoms with Crippen molar-refractivity contribution in [3.8, 4) is 11.5 Å². The van der Waals surface area contributed by atoms with E-state index in [1.807, 2.05) is 36.4 Å². The summed E-state index contributed by atoms with van der Waals surface area (Å²) in [7, 11) is 3.14. The normalized spacial score (nSPS) is 10.5. The molecular weight excluding hydrogens is 356 g/mol. The van der Waals surface area contributed by atoms with Gasteiger partial charge in [-0.15, -0.1) is 0 Å². The second-order valence-corrected chi connectivity index (χ2v) is 6.82. The van der Waals surface area contributed by atoms with Gasteiger partial charge in [-0.3, -0.25) is 9.59 Å². The molecule has 0 atom stereocenters. The molecule has 6 nitrogen and oxygen atoms in total. The molecule has 0 spiro atoms. The first-order valence-corrected chi connectivity index (χ1v) is 9.21. The van der Waals surface area contributed by atoms with Crippen LogP contribution >= 0.6 is 0 Å². The lowest BCUT2D eigenvalue weighted by atomic mass is 10.0. The maximum atomic E-state index is 12.4. The molecule has 2 rings (SSSR count). The predicted octanol–water partition coefficient (Wildman–Crippen LogP) is 3.50. The first kappa shape index (κ1) is 21.3. The van der Waals surface area contributed by atoms with Crippen molar-refractivity contribution in [2.24, 2.45) is 0 Å². The van der Waals surface area contributed by atoms with Gasteiger partial charge < -0.3 is 19.7 Å². The van der Waals surface area contributed by atoms with Gasteiger partial charge in [0, 0.05) is 19.2 Å². The third-order valence-electron chi connectivity index (χ3n) is 4.49. The highest BCUT2D eigenvalue weighted by molar-refractivity contribution is 5.97. The van der Waals surface area contributed by atoms with Crippen molar-refractivity contribution >= 4 is 17.5 Å². The molecule has 2 amide bonds. The van der Waals surface area contributed by atoms with E-state index in [0.717, 1.165) is 5.56 Å². The fraction of sp³-hybridized carbons (Fsp3) is 0.364. The lowest BCUT2D eigenvalue weighted by molar-refractivity contribution is -0.123. The summed E-state index contributed by atoms with van der Waals surface area (Å²) in [5, 5.41) is 2.84. The van der Waals surface area contributed by atoms with Gasteiger partial charge in [0.25, 0.3) is 0 Å². The monoisotopic (exact) mass is 384 g/mol. The fourth-order valence-corrected chi connectivity index (χ4v) is 2.81.